The molecule has 0 unspecified atom stereocenters. The van der Waals surface area contributed by atoms with Gasteiger partial charge in [-0.3, -0.25) is 4.79 Å². The van der Waals surface area contributed by atoms with Crippen molar-refractivity contribution in [1.82, 2.24) is 0 Å². The maximum absolute atomic E-state index is 11.7. The van der Waals surface area contributed by atoms with E-state index in [0.717, 1.165) is 12.1 Å². The Bertz CT molecular complexity index is 491. The van der Waals surface area contributed by atoms with Crippen LogP contribution >= 0.6 is 23.1 Å². The van der Waals surface area contributed by atoms with Gasteiger partial charge in [0.25, 0.3) is 0 Å². The zero-order chi connectivity index (χ0) is 12.8. The van der Waals surface area contributed by atoms with Crippen LogP contribution in [-0.4, -0.2) is 11.7 Å². The Morgan fingerprint density at radius 3 is 2.67 bits per heavy atom. The molecule has 1 heterocycles. The topological polar surface area (TPSA) is 29.1 Å². The van der Waals surface area contributed by atoms with E-state index >= 15 is 0 Å². The van der Waals surface area contributed by atoms with Crippen LogP contribution in [0.25, 0.3) is 0 Å². The van der Waals surface area contributed by atoms with Crippen molar-refractivity contribution in [2.45, 2.75) is 17.6 Å². The van der Waals surface area contributed by atoms with Crippen molar-refractivity contribution in [3.63, 3.8) is 0 Å². The first kappa shape index (κ1) is 13.2. The van der Waals surface area contributed by atoms with Crippen LogP contribution in [0.15, 0.2) is 46.0 Å². The molecule has 1 N–H and O–H groups in total. The molecule has 1 aromatic carbocycles. The second-order valence-electron chi connectivity index (χ2n) is 3.82. The van der Waals surface area contributed by atoms with Gasteiger partial charge in [-0.2, -0.15) is 0 Å². The maximum atomic E-state index is 11.7. The number of benzene rings is 1. The number of hydrogen-bond acceptors (Lipinski definition) is 3. The van der Waals surface area contributed by atoms with E-state index in [1.165, 1.54) is 9.77 Å². The summed E-state index contributed by atoms with van der Waals surface area (Å²) in [5, 5.41) is 4.92. The average Bonchev–Trinajstić information content (AvgIpc) is 2.90. The SMILES string of the molecule is CCc1ccc(NC(=O)CSc2cccs2)cc1. The van der Waals surface area contributed by atoms with Crippen molar-refractivity contribution in [2.24, 2.45) is 0 Å². The second-order valence-corrected chi connectivity index (χ2v) is 6.04. The molecule has 0 radical (unpaired) electrons. The molecule has 2 aromatic rings. The van der Waals surface area contributed by atoms with Crippen LogP contribution in [0.1, 0.15) is 12.5 Å². The summed E-state index contributed by atoms with van der Waals surface area (Å²) in [6.07, 6.45) is 1.02. The molecule has 0 atom stereocenters. The van der Waals surface area contributed by atoms with Gasteiger partial charge in [-0.15, -0.1) is 23.1 Å². The minimum Gasteiger partial charge on any atom is -0.325 e. The Morgan fingerprint density at radius 2 is 2.06 bits per heavy atom. The minimum absolute atomic E-state index is 0.0395. The summed E-state index contributed by atoms with van der Waals surface area (Å²) < 4.78 is 1.17. The number of carbonyl (C=O) groups is 1. The smallest absolute Gasteiger partial charge is 0.234 e. The van der Waals surface area contributed by atoms with Gasteiger partial charge in [0.15, 0.2) is 0 Å². The summed E-state index contributed by atoms with van der Waals surface area (Å²) >= 11 is 3.23. The van der Waals surface area contributed by atoms with Gasteiger partial charge in [-0.25, -0.2) is 0 Å². The molecule has 94 valence electrons. The molecule has 1 amide bonds. The lowest BCUT2D eigenvalue weighted by Crippen LogP contribution is -2.13. The fraction of sp³-hybridized carbons (Fsp3) is 0.214. The molecule has 0 aliphatic rings. The third kappa shape index (κ3) is 3.89. The highest BCUT2D eigenvalue weighted by molar-refractivity contribution is 8.01. The fourth-order valence-electron chi connectivity index (χ4n) is 1.50. The zero-order valence-electron chi connectivity index (χ0n) is 10.2. The normalized spacial score (nSPS) is 10.3. The third-order valence-electron chi connectivity index (χ3n) is 2.49. The average molecular weight is 277 g/mol. The van der Waals surface area contributed by atoms with Crippen molar-refractivity contribution in [3.05, 3.63) is 47.3 Å². The lowest BCUT2D eigenvalue weighted by molar-refractivity contribution is -0.113. The molecule has 4 heteroatoms. The lowest BCUT2D eigenvalue weighted by atomic mass is 10.1. The third-order valence-corrected chi connectivity index (χ3v) is 4.62. The zero-order valence-corrected chi connectivity index (χ0v) is 11.8. The summed E-state index contributed by atoms with van der Waals surface area (Å²) in [7, 11) is 0. The lowest BCUT2D eigenvalue weighted by Gasteiger charge is -2.05. The van der Waals surface area contributed by atoms with Crippen molar-refractivity contribution in [2.75, 3.05) is 11.1 Å². The number of hydrogen-bond donors (Lipinski definition) is 1. The molecule has 0 saturated carbocycles. The molecule has 0 bridgehead atoms. The fourth-order valence-corrected chi connectivity index (χ4v) is 3.09. The van der Waals surface area contributed by atoms with Gasteiger partial charge < -0.3 is 5.32 Å². The van der Waals surface area contributed by atoms with Crippen LogP contribution in [0.2, 0.25) is 0 Å². The van der Waals surface area contributed by atoms with Gasteiger partial charge in [0, 0.05) is 5.69 Å². The van der Waals surface area contributed by atoms with E-state index in [9.17, 15) is 4.79 Å². The van der Waals surface area contributed by atoms with Crippen molar-refractivity contribution < 1.29 is 4.79 Å². The van der Waals surface area contributed by atoms with E-state index in [1.807, 2.05) is 41.8 Å². The second kappa shape index (κ2) is 6.61. The quantitative estimate of drug-likeness (QED) is 0.836. The number of carbonyl (C=O) groups excluding carboxylic acids is 1. The molecule has 0 fully saturated rings. The Balaban J connectivity index is 1.83. The van der Waals surface area contributed by atoms with Crippen molar-refractivity contribution >= 4 is 34.7 Å². The van der Waals surface area contributed by atoms with Crippen molar-refractivity contribution in [1.29, 1.82) is 0 Å². The number of thiophene rings is 1. The molecule has 18 heavy (non-hydrogen) atoms. The Morgan fingerprint density at radius 1 is 1.28 bits per heavy atom. The Labute approximate surface area is 115 Å². The number of anilines is 1. The predicted molar refractivity (Wildman–Crippen MR) is 79.5 cm³/mol. The largest absolute Gasteiger partial charge is 0.325 e. The molecule has 2 rings (SSSR count). The Hall–Kier alpha value is -1.26. The molecule has 0 aliphatic heterocycles. The maximum Gasteiger partial charge on any atom is 0.234 e. The van der Waals surface area contributed by atoms with Gasteiger partial charge in [-0.05, 0) is 35.6 Å². The highest BCUT2D eigenvalue weighted by Crippen LogP contribution is 2.23. The molecular weight excluding hydrogens is 262 g/mol. The van der Waals surface area contributed by atoms with Crippen LogP contribution < -0.4 is 5.32 Å². The van der Waals surface area contributed by atoms with Gasteiger partial charge in [0.2, 0.25) is 5.91 Å². The van der Waals surface area contributed by atoms with Crippen LogP contribution in [0.3, 0.4) is 0 Å². The van der Waals surface area contributed by atoms with Crippen LogP contribution in [-0.2, 0) is 11.2 Å². The van der Waals surface area contributed by atoms with E-state index < -0.39 is 0 Å². The first-order valence-electron chi connectivity index (χ1n) is 5.83. The standard InChI is InChI=1S/C14H15NOS2/c1-2-11-5-7-12(8-6-11)15-13(16)10-18-14-4-3-9-17-14/h3-9H,2,10H2,1H3,(H,15,16). The van der Waals surface area contributed by atoms with Gasteiger partial charge >= 0.3 is 0 Å². The van der Waals surface area contributed by atoms with E-state index in [1.54, 1.807) is 23.1 Å². The van der Waals surface area contributed by atoms with E-state index in [2.05, 4.69) is 12.2 Å². The van der Waals surface area contributed by atoms with Gasteiger partial charge in [0.1, 0.15) is 0 Å². The number of amides is 1. The summed E-state index contributed by atoms with van der Waals surface area (Å²) in [5.41, 5.74) is 2.14. The number of nitrogens with one attached hydrogen (secondary N) is 1. The monoisotopic (exact) mass is 277 g/mol. The summed E-state index contributed by atoms with van der Waals surface area (Å²) in [5.74, 6) is 0.494. The first-order valence-corrected chi connectivity index (χ1v) is 7.69. The minimum atomic E-state index is 0.0395. The Kier molecular flexibility index (Phi) is 4.84. The number of thioether (sulfide) groups is 1. The highest BCUT2D eigenvalue weighted by atomic mass is 32.2. The molecule has 1 aromatic heterocycles. The molecule has 0 spiro atoms. The van der Waals surface area contributed by atoms with Gasteiger partial charge in [0.05, 0.1) is 9.96 Å². The number of aryl methyl sites for hydroxylation is 1. The molecular formula is C14H15NOS2. The van der Waals surface area contributed by atoms with Crippen LogP contribution in [0.5, 0.6) is 0 Å². The summed E-state index contributed by atoms with van der Waals surface area (Å²) in [6.45, 7) is 2.12. The first-order chi connectivity index (χ1) is 8.78. The van der Waals surface area contributed by atoms with Gasteiger partial charge in [-0.1, -0.05) is 25.1 Å². The van der Waals surface area contributed by atoms with E-state index in [-0.39, 0.29) is 5.91 Å². The van der Waals surface area contributed by atoms with Crippen LogP contribution in [0.4, 0.5) is 5.69 Å². The van der Waals surface area contributed by atoms with E-state index in [0.29, 0.717) is 5.75 Å². The molecule has 2 nitrogen and oxygen atoms in total. The molecule has 0 aliphatic carbocycles. The summed E-state index contributed by atoms with van der Waals surface area (Å²) in [6, 6.07) is 12.0. The highest BCUT2D eigenvalue weighted by Gasteiger charge is 2.04. The predicted octanol–water partition coefficient (Wildman–Crippen LogP) is 4.04. The van der Waals surface area contributed by atoms with Crippen LogP contribution in [0, 0.1) is 0 Å². The summed E-state index contributed by atoms with van der Waals surface area (Å²) in [4.78, 5) is 11.7. The van der Waals surface area contributed by atoms with E-state index in [4.69, 9.17) is 0 Å². The number of rotatable bonds is 5. The van der Waals surface area contributed by atoms with Crippen molar-refractivity contribution in [3.8, 4) is 0 Å². The molecule has 0 saturated heterocycles.